The smallest absolute Gasteiger partial charge is 0.232 e. The molecule has 3 aliphatic heterocycles. The number of fused-ring (bicyclic) bond motifs is 3. The van der Waals surface area contributed by atoms with Gasteiger partial charge in [0.05, 0.1) is 36.0 Å². The summed E-state index contributed by atoms with van der Waals surface area (Å²) < 4.78 is 8.42. The van der Waals surface area contributed by atoms with Crippen molar-refractivity contribution in [2.24, 2.45) is 28.6 Å². The summed E-state index contributed by atoms with van der Waals surface area (Å²) in [6.45, 7) is 21.0. The molecule has 1 saturated carbocycles. The molecule has 5 atom stereocenters. The first kappa shape index (κ1) is 34.6. The highest BCUT2D eigenvalue weighted by Gasteiger charge is 2.53. The van der Waals surface area contributed by atoms with Gasteiger partial charge in [0.25, 0.3) is 0 Å². The van der Waals surface area contributed by atoms with Crippen LogP contribution < -0.4 is 4.90 Å². The van der Waals surface area contributed by atoms with E-state index in [9.17, 15) is 4.79 Å². The Hall–Kier alpha value is -3.49. The molecule has 1 fully saturated rings. The number of anilines is 1. The van der Waals surface area contributed by atoms with Crippen molar-refractivity contribution in [2.45, 2.75) is 125 Å². The summed E-state index contributed by atoms with van der Waals surface area (Å²) in [5, 5.41) is 12.0. The standard InChI is InChI=1S/C43H57N5O3/c1-40(2,3)39(49)47-24-26-14-11-12-15-27(26)36-37-35-32(16-13-17-33(35)47)43(9,48(37)45-44-36)23-22-42(7,8)38-30-19-18-28-29(20-21-34(30)51-46(38)10)31(28)25-50-41(4,5)6/h11-17,28-29,31,38H,18-25H2,1-10H3/t28?,29?,31?,38?,43-/m0/s1. The SMILES string of the molecule is CN1OC2=C(CCC3C(CC2)C3COC(C)(C)C)C1C(C)(C)CC[C@@]1(C)c2cccc3c2-c2c(nnn21)-c1ccccc1CN3C(=O)C(C)(C)C. The third-order valence-electron chi connectivity index (χ3n) is 12.7. The number of ether oxygens (including phenoxy) is 1. The molecule has 4 heterocycles. The van der Waals surface area contributed by atoms with Gasteiger partial charge in [-0.1, -0.05) is 76.2 Å². The Labute approximate surface area is 304 Å². The number of carbonyl (C=O) groups excluding carboxylic acids is 1. The van der Waals surface area contributed by atoms with Crippen molar-refractivity contribution < 1.29 is 14.4 Å². The number of nitrogens with zero attached hydrogens (tertiary/aromatic N) is 5. The van der Waals surface area contributed by atoms with Crippen molar-refractivity contribution in [1.82, 2.24) is 20.1 Å². The molecule has 0 saturated heterocycles. The fourth-order valence-electron chi connectivity index (χ4n) is 9.98. The predicted molar refractivity (Wildman–Crippen MR) is 202 cm³/mol. The van der Waals surface area contributed by atoms with Crippen molar-refractivity contribution in [1.29, 1.82) is 0 Å². The Morgan fingerprint density at radius 3 is 2.43 bits per heavy atom. The number of aromatic nitrogens is 3. The highest BCUT2D eigenvalue weighted by Crippen LogP contribution is 2.58. The molecule has 1 aromatic heterocycles. The lowest BCUT2D eigenvalue weighted by Crippen LogP contribution is -2.42. The zero-order valence-corrected chi connectivity index (χ0v) is 32.5. The molecule has 1 amide bonds. The predicted octanol–water partition coefficient (Wildman–Crippen LogP) is 9.14. The molecule has 0 spiro atoms. The lowest BCUT2D eigenvalue weighted by Gasteiger charge is -2.39. The Morgan fingerprint density at radius 2 is 1.71 bits per heavy atom. The lowest BCUT2D eigenvalue weighted by molar-refractivity contribution is -0.125. The summed E-state index contributed by atoms with van der Waals surface area (Å²) in [6.07, 6.45) is 6.36. The van der Waals surface area contributed by atoms with Crippen LogP contribution in [0.4, 0.5) is 5.69 Å². The van der Waals surface area contributed by atoms with Crippen LogP contribution in [-0.2, 0) is 26.5 Å². The maximum Gasteiger partial charge on any atom is 0.232 e. The number of hydroxylamine groups is 2. The van der Waals surface area contributed by atoms with Gasteiger partial charge in [0.2, 0.25) is 5.91 Å². The summed E-state index contributed by atoms with van der Waals surface area (Å²) in [4.78, 5) is 22.8. The van der Waals surface area contributed by atoms with Crippen LogP contribution in [0.2, 0.25) is 0 Å². The maximum absolute atomic E-state index is 14.2. The van der Waals surface area contributed by atoms with Crippen LogP contribution >= 0.6 is 0 Å². The van der Waals surface area contributed by atoms with E-state index in [4.69, 9.17) is 19.9 Å². The van der Waals surface area contributed by atoms with Crippen molar-refractivity contribution in [3.05, 3.63) is 64.9 Å². The molecule has 8 heteroatoms. The van der Waals surface area contributed by atoms with E-state index in [1.165, 1.54) is 29.7 Å². The Bertz CT molecular complexity index is 1910. The van der Waals surface area contributed by atoms with Crippen molar-refractivity contribution in [3.63, 3.8) is 0 Å². The van der Waals surface area contributed by atoms with Gasteiger partial charge < -0.3 is 14.5 Å². The van der Waals surface area contributed by atoms with Crippen molar-refractivity contribution in [3.8, 4) is 22.5 Å². The second kappa shape index (κ2) is 11.8. The number of carbonyl (C=O) groups is 1. The topological polar surface area (TPSA) is 72.7 Å². The van der Waals surface area contributed by atoms with Crippen LogP contribution in [0.3, 0.4) is 0 Å². The average Bonchev–Trinajstić information content (AvgIpc) is 3.28. The van der Waals surface area contributed by atoms with Gasteiger partial charge in [-0.2, -0.15) is 0 Å². The molecular formula is C43H57N5O3. The minimum atomic E-state index is -0.536. The van der Waals surface area contributed by atoms with E-state index in [0.717, 1.165) is 77.9 Å². The van der Waals surface area contributed by atoms with Gasteiger partial charge in [-0.3, -0.25) is 4.79 Å². The minimum absolute atomic E-state index is 0.0650. The molecule has 0 radical (unpaired) electrons. The molecule has 0 bridgehead atoms. The van der Waals surface area contributed by atoms with Crippen molar-refractivity contribution in [2.75, 3.05) is 18.6 Å². The molecule has 51 heavy (non-hydrogen) atoms. The molecule has 8 rings (SSSR count). The van der Waals surface area contributed by atoms with E-state index in [1.54, 1.807) is 0 Å². The van der Waals surface area contributed by atoms with Crippen LogP contribution in [0.25, 0.3) is 22.5 Å². The fraction of sp³-hybridized carbons (Fsp3) is 0.605. The summed E-state index contributed by atoms with van der Waals surface area (Å²) in [6, 6.07) is 15.1. The summed E-state index contributed by atoms with van der Waals surface area (Å²) in [7, 11) is 2.13. The monoisotopic (exact) mass is 691 g/mol. The van der Waals surface area contributed by atoms with Crippen molar-refractivity contribution >= 4 is 11.6 Å². The first-order chi connectivity index (χ1) is 24.0. The van der Waals surface area contributed by atoms with E-state index in [2.05, 4.69) is 101 Å². The van der Waals surface area contributed by atoms with Gasteiger partial charge in [0, 0.05) is 30.0 Å². The summed E-state index contributed by atoms with van der Waals surface area (Å²) >= 11 is 0. The van der Waals surface area contributed by atoms with Gasteiger partial charge in [-0.05, 0) is 106 Å². The van der Waals surface area contributed by atoms with Crippen LogP contribution in [0.15, 0.2) is 53.8 Å². The van der Waals surface area contributed by atoms with Crippen LogP contribution in [0.1, 0.15) is 112 Å². The van der Waals surface area contributed by atoms with Gasteiger partial charge in [0.1, 0.15) is 17.1 Å². The Morgan fingerprint density at radius 1 is 0.980 bits per heavy atom. The molecular weight excluding hydrogens is 635 g/mol. The minimum Gasteiger partial charge on any atom is -0.410 e. The zero-order chi connectivity index (χ0) is 36.2. The number of allylic oxidation sites excluding steroid dienone is 1. The molecule has 4 unspecified atom stereocenters. The Kier molecular flexibility index (Phi) is 7.97. The Balaban J connectivity index is 1.10. The highest BCUT2D eigenvalue weighted by atomic mass is 16.7. The van der Waals surface area contributed by atoms with Gasteiger partial charge >= 0.3 is 0 Å². The van der Waals surface area contributed by atoms with Gasteiger partial charge in [-0.15, -0.1) is 10.2 Å². The first-order valence-electron chi connectivity index (χ1n) is 19.3. The van der Waals surface area contributed by atoms with E-state index >= 15 is 0 Å². The quantitative estimate of drug-likeness (QED) is 0.257. The van der Waals surface area contributed by atoms with E-state index in [-0.39, 0.29) is 23.0 Å². The maximum atomic E-state index is 14.2. The molecule has 272 valence electrons. The summed E-state index contributed by atoms with van der Waals surface area (Å²) in [5.74, 6) is 3.52. The fourth-order valence-corrected chi connectivity index (χ4v) is 9.98. The normalized spacial score (nSPS) is 27.1. The third kappa shape index (κ3) is 5.67. The molecule has 0 N–H and O–H groups in total. The van der Waals surface area contributed by atoms with E-state index in [1.807, 2.05) is 25.7 Å². The number of benzene rings is 2. The molecule has 2 aromatic carbocycles. The average molecular weight is 692 g/mol. The lowest BCUT2D eigenvalue weighted by atomic mass is 9.72. The zero-order valence-electron chi connectivity index (χ0n) is 32.5. The number of hydrogen-bond acceptors (Lipinski definition) is 6. The molecule has 5 aliphatic rings. The van der Waals surface area contributed by atoms with Gasteiger partial charge in [0.15, 0.2) is 0 Å². The largest absolute Gasteiger partial charge is 0.410 e. The van der Waals surface area contributed by atoms with Crippen LogP contribution in [0.5, 0.6) is 0 Å². The third-order valence-corrected chi connectivity index (χ3v) is 12.7. The molecule has 2 aliphatic carbocycles. The summed E-state index contributed by atoms with van der Waals surface area (Å²) in [5.41, 5.74) is 7.72. The number of likely N-dealkylation sites (N-methyl/N-ethyl adjacent to an activating group) is 1. The second-order valence-corrected chi connectivity index (χ2v) is 18.9. The van der Waals surface area contributed by atoms with E-state index in [0.29, 0.717) is 12.5 Å². The number of hydrogen-bond donors (Lipinski definition) is 0. The number of amides is 1. The second-order valence-electron chi connectivity index (χ2n) is 18.9. The van der Waals surface area contributed by atoms with Gasteiger partial charge in [-0.25, -0.2) is 4.68 Å². The number of rotatable bonds is 6. The van der Waals surface area contributed by atoms with Crippen LogP contribution in [0, 0.1) is 28.6 Å². The highest BCUT2D eigenvalue weighted by molar-refractivity contribution is 6.04. The first-order valence-corrected chi connectivity index (χ1v) is 19.3. The van der Waals surface area contributed by atoms with E-state index < -0.39 is 11.0 Å². The molecule has 3 aromatic rings. The molecule has 8 nitrogen and oxygen atoms in total. The van der Waals surface area contributed by atoms with Crippen LogP contribution in [-0.4, -0.2) is 51.3 Å².